The van der Waals surface area contributed by atoms with Crippen LogP contribution in [0.2, 0.25) is 0 Å². The molecule has 0 radical (unpaired) electrons. The second-order valence-corrected chi connectivity index (χ2v) is 6.45. The van der Waals surface area contributed by atoms with Crippen LogP contribution in [0, 0.1) is 5.41 Å². The fourth-order valence-electron chi connectivity index (χ4n) is 2.14. The predicted octanol–water partition coefficient (Wildman–Crippen LogP) is 3.84. The molecule has 1 aromatic carbocycles. The first-order valence-electron chi connectivity index (χ1n) is 5.86. The highest BCUT2D eigenvalue weighted by Crippen LogP contribution is 2.40. The first-order chi connectivity index (χ1) is 8.39. The quantitative estimate of drug-likeness (QED) is 0.625. The zero-order valence-corrected chi connectivity index (χ0v) is 12.6. The molecule has 0 aromatic heterocycles. The topological polar surface area (TPSA) is 49.3 Å². The van der Waals surface area contributed by atoms with Crippen LogP contribution in [0.15, 0.2) is 33.5 Å². The Labute approximate surface area is 120 Å². The van der Waals surface area contributed by atoms with E-state index in [0.29, 0.717) is 12.1 Å². The Morgan fingerprint density at radius 1 is 1.28 bits per heavy atom. The number of halogens is 1. The van der Waals surface area contributed by atoms with Gasteiger partial charge in [0.1, 0.15) is 5.75 Å². The van der Waals surface area contributed by atoms with Gasteiger partial charge in [0.2, 0.25) is 0 Å². The zero-order chi connectivity index (χ0) is 13.3. The van der Waals surface area contributed by atoms with Gasteiger partial charge in [-0.05, 0) is 46.6 Å². The van der Waals surface area contributed by atoms with Crippen molar-refractivity contribution < 1.29 is 9.90 Å². The predicted molar refractivity (Wildman–Crippen MR) is 80.8 cm³/mol. The molecule has 3 nitrogen and oxygen atoms in total. The van der Waals surface area contributed by atoms with Crippen LogP contribution in [0.1, 0.15) is 26.7 Å². The van der Waals surface area contributed by atoms with E-state index in [1.54, 1.807) is 18.2 Å². The first-order valence-corrected chi connectivity index (χ1v) is 6.94. The molecule has 0 spiro atoms. The molecule has 1 aromatic rings. The van der Waals surface area contributed by atoms with Crippen molar-refractivity contribution in [2.24, 2.45) is 5.41 Å². The van der Waals surface area contributed by atoms with Crippen LogP contribution in [0.5, 0.6) is 5.75 Å². The molecule has 1 aliphatic rings. The van der Waals surface area contributed by atoms with E-state index in [-0.39, 0.29) is 16.9 Å². The van der Waals surface area contributed by atoms with E-state index in [0.717, 1.165) is 15.7 Å². The molecule has 0 bridgehead atoms. The fourth-order valence-corrected chi connectivity index (χ4v) is 2.66. The van der Waals surface area contributed by atoms with Gasteiger partial charge in [-0.15, -0.1) is 0 Å². The Hall–Kier alpha value is -1.04. The average molecular weight is 357 g/mol. The van der Waals surface area contributed by atoms with Crippen molar-refractivity contribution in [2.45, 2.75) is 26.7 Å². The van der Waals surface area contributed by atoms with E-state index in [1.165, 1.54) is 0 Å². The van der Waals surface area contributed by atoms with Crippen LogP contribution < -0.4 is 5.32 Å². The summed E-state index contributed by atoms with van der Waals surface area (Å²) in [7, 11) is 0. The van der Waals surface area contributed by atoms with Crippen LogP contribution in [0.3, 0.4) is 0 Å². The van der Waals surface area contributed by atoms with Crippen molar-refractivity contribution in [3.8, 4) is 5.75 Å². The van der Waals surface area contributed by atoms with Crippen LogP contribution >= 0.6 is 22.6 Å². The summed E-state index contributed by atoms with van der Waals surface area (Å²) in [6.07, 6.45) is 1.39. The molecule has 0 saturated heterocycles. The molecule has 0 fully saturated rings. The molecule has 0 unspecified atom stereocenters. The van der Waals surface area contributed by atoms with Crippen LogP contribution in [0.25, 0.3) is 0 Å². The van der Waals surface area contributed by atoms with E-state index in [9.17, 15) is 9.90 Å². The highest BCUT2D eigenvalue weighted by atomic mass is 127. The number of hydrogen-bond acceptors (Lipinski definition) is 3. The molecule has 4 heteroatoms. The van der Waals surface area contributed by atoms with E-state index in [2.05, 4.69) is 41.8 Å². The van der Waals surface area contributed by atoms with Crippen molar-refractivity contribution in [2.75, 3.05) is 5.32 Å². The fraction of sp³-hybridized carbons (Fsp3) is 0.357. The number of phenols is 1. The van der Waals surface area contributed by atoms with Gasteiger partial charge in [-0.1, -0.05) is 26.0 Å². The van der Waals surface area contributed by atoms with E-state index in [4.69, 9.17) is 0 Å². The minimum absolute atomic E-state index is 0.0293. The molecular weight excluding hydrogens is 341 g/mol. The highest BCUT2D eigenvalue weighted by molar-refractivity contribution is 14.1. The Bertz CT molecular complexity index is 520. The number of phenolic OH excluding ortho intramolecular Hbond substituents is 1. The Morgan fingerprint density at radius 3 is 2.61 bits per heavy atom. The maximum absolute atomic E-state index is 11.9. The Morgan fingerprint density at radius 2 is 1.94 bits per heavy atom. The molecule has 0 saturated carbocycles. The third-order valence-corrected chi connectivity index (χ3v) is 4.25. The van der Waals surface area contributed by atoms with Crippen molar-refractivity contribution >= 4 is 34.1 Å². The molecule has 1 aliphatic carbocycles. The van der Waals surface area contributed by atoms with Gasteiger partial charge < -0.3 is 10.4 Å². The van der Waals surface area contributed by atoms with Crippen LogP contribution in [0.4, 0.5) is 5.69 Å². The SMILES string of the molecule is CC1(C)CC(=O)C(I)=C(Nc2ccccc2O)C1. The Balaban J connectivity index is 2.30. The van der Waals surface area contributed by atoms with E-state index < -0.39 is 0 Å². The number of carbonyl (C=O) groups excluding carboxylic acids is 1. The normalized spacial score (nSPS) is 18.9. The van der Waals surface area contributed by atoms with Gasteiger partial charge in [0.25, 0.3) is 0 Å². The molecule has 2 N–H and O–H groups in total. The Kier molecular flexibility index (Phi) is 3.66. The number of carbonyl (C=O) groups is 1. The number of allylic oxidation sites excluding steroid dienone is 2. The smallest absolute Gasteiger partial charge is 0.171 e. The van der Waals surface area contributed by atoms with Gasteiger partial charge in [0.15, 0.2) is 5.78 Å². The zero-order valence-electron chi connectivity index (χ0n) is 10.5. The monoisotopic (exact) mass is 357 g/mol. The molecule has 0 atom stereocenters. The minimum atomic E-state index is -0.0293. The summed E-state index contributed by atoms with van der Waals surface area (Å²) in [6, 6.07) is 7.06. The third-order valence-electron chi connectivity index (χ3n) is 2.99. The number of nitrogens with one attached hydrogen (secondary N) is 1. The average Bonchev–Trinajstić information content (AvgIpc) is 2.27. The summed E-state index contributed by atoms with van der Waals surface area (Å²) in [5.41, 5.74) is 1.52. The minimum Gasteiger partial charge on any atom is -0.506 e. The molecule has 96 valence electrons. The number of benzene rings is 1. The third kappa shape index (κ3) is 2.85. The van der Waals surface area contributed by atoms with Gasteiger partial charge in [0.05, 0.1) is 9.27 Å². The summed E-state index contributed by atoms with van der Waals surface area (Å²) < 4.78 is 0.746. The lowest BCUT2D eigenvalue weighted by Gasteiger charge is -2.31. The summed E-state index contributed by atoms with van der Waals surface area (Å²) in [5.74, 6) is 0.370. The van der Waals surface area contributed by atoms with Crippen molar-refractivity contribution in [1.29, 1.82) is 0 Å². The van der Waals surface area contributed by atoms with E-state index >= 15 is 0 Å². The first kappa shape index (κ1) is 13.4. The van der Waals surface area contributed by atoms with Crippen LogP contribution in [-0.4, -0.2) is 10.9 Å². The maximum Gasteiger partial charge on any atom is 0.171 e. The van der Waals surface area contributed by atoms with Crippen molar-refractivity contribution in [3.05, 3.63) is 33.5 Å². The number of anilines is 1. The molecular formula is C14H16INO2. The highest BCUT2D eigenvalue weighted by Gasteiger charge is 2.32. The summed E-state index contributed by atoms with van der Waals surface area (Å²) >= 11 is 2.09. The number of aromatic hydroxyl groups is 1. The molecule has 0 heterocycles. The summed E-state index contributed by atoms with van der Waals surface area (Å²) in [6.45, 7) is 4.17. The molecule has 0 aliphatic heterocycles. The number of rotatable bonds is 2. The number of para-hydroxylation sites is 2. The van der Waals surface area contributed by atoms with Gasteiger partial charge in [-0.25, -0.2) is 0 Å². The molecule has 0 amide bonds. The summed E-state index contributed by atoms with van der Waals surface area (Å²) in [5, 5.41) is 12.9. The lowest BCUT2D eigenvalue weighted by Crippen LogP contribution is -2.26. The second kappa shape index (κ2) is 4.91. The van der Waals surface area contributed by atoms with Gasteiger partial charge in [0, 0.05) is 12.1 Å². The molecule has 2 rings (SSSR count). The second-order valence-electron chi connectivity index (χ2n) is 5.38. The standard InChI is InChI=1S/C14H16INO2/c1-14(2)7-10(13(15)12(18)8-14)16-9-5-3-4-6-11(9)17/h3-6,16-17H,7-8H2,1-2H3. The van der Waals surface area contributed by atoms with Gasteiger partial charge >= 0.3 is 0 Å². The van der Waals surface area contributed by atoms with E-state index in [1.807, 2.05) is 6.07 Å². The van der Waals surface area contributed by atoms with Gasteiger partial charge in [-0.2, -0.15) is 0 Å². The van der Waals surface area contributed by atoms with Gasteiger partial charge in [-0.3, -0.25) is 4.79 Å². The number of hydrogen-bond donors (Lipinski definition) is 2. The lowest BCUT2D eigenvalue weighted by atomic mass is 9.79. The maximum atomic E-state index is 11.9. The van der Waals surface area contributed by atoms with Crippen LogP contribution in [-0.2, 0) is 4.79 Å². The van der Waals surface area contributed by atoms with Crippen molar-refractivity contribution in [3.63, 3.8) is 0 Å². The lowest BCUT2D eigenvalue weighted by molar-refractivity contribution is -0.117. The number of Topliss-reactive ketones (excluding diaryl/α,β-unsaturated/α-hetero) is 1. The largest absolute Gasteiger partial charge is 0.506 e. The molecule has 18 heavy (non-hydrogen) atoms. The summed E-state index contributed by atoms with van der Waals surface area (Å²) in [4.78, 5) is 11.9. The number of ketones is 1. The van der Waals surface area contributed by atoms with Crippen molar-refractivity contribution in [1.82, 2.24) is 0 Å².